The standard InChI is InChI=1S/C22H30INO4Si/c1-15-20(25)24(18-11-9-8-10-17(18)23)19-14-16(12-13-22(19,26-5)27-15)28-29(6,7)21(2,3)4/h8-15,19H,1-7H3/t15-,19?,22+/m1/s1. The van der Waals surface area contributed by atoms with Gasteiger partial charge >= 0.3 is 0 Å². The maximum atomic E-state index is 13.2. The van der Waals surface area contributed by atoms with E-state index in [-0.39, 0.29) is 10.9 Å². The second kappa shape index (κ2) is 7.83. The number of nitrogens with zero attached hydrogens (tertiary/aromatic N) is 1. The van der Waals surface area contributed by atoms with Crippen molar-refractivity contribution in [1.29, 1.82) is 0 Å². The SMILES string of the molecule is CO[C@]12C=CC(O[Si](C)(C)C(C)(C)C)=CC1N(c1ccccc1I)C(=O)[C@@H](C)O2. The quantitative estimate of drug-likeness (QED) is 0.398. The number of methoxy groups -OCH3 is 1. The van der Waals surface area contributed by atoms with Crippen LogP contribution in [0.2, 0.25) is 18.1 Å². The summed E-state index contributed by atoms with van der Waals surface area (Å²) < 4.78 is 19.4. The summed E-state index contributed by atoms with van der Waals surface area (Å²) in [5.74, 6) is -0.381. The second-order valence-corrected chi connectivity index (χ2v) is 14.9. The van der Waals surface area contributed by atoms with E-state index in [1.807, 2.05) is 42.5 Å². The Bertz CT molecular complexity index is 861. The summed E-state index contributed by atoms with van der Waals surface area (Å²) in [6.07, 6.45) is 5.14. The van der Waals surface area contributed by atoms with Crippen molar-refractivity contribution in [3.63, 3.8) is 0 Å². The zero-order valence-corrected chi connectivity index (χ0v) is 21.3. The molecule has 0 saturated carbocycles. The largest absolute Gasteiger partial charge is 0.544 e. The Balaban J connectivity index is 2.08. The number of carbonyl (C=O) groups excluding carboxylic acids is 1. The van der Waals surface area contributed by atoms with Gasteiger partial charge in [-0.05, 0) is 78.0 Å². The molecule has 1 amide bonds. The highest BCUT2D eigenvalue weighted by molar-refractivity contribution is 14.1. The second-order valence-electron chi connectivity index (χ2n) is 9.05. The van der Waals surface area contributed by atoms with Gasteiger partial charge in [-0.15, -0.1) is 0 Å². The van der Waals surface area contributed by atoms with Gasteiger partial charge in [0.15, 0.2) is 0 Å². The molecule has 2 aliphatic rings. The van der Waals surface area contributed by atoms with Gasteiger partial charge in [-0.2, -0.15) is 0 Å². The number of ether oxygens (including phenoxy) is 2. The molecule has 1 aromatic carbocycles. The van der Waals surface area contributed by atoms with Gasteiger partial charge in [0.1, 0.15) is 17.9 Å². The number of amides is 1. The third-order valence-electron chi connectivity index (χ3n) is 6.05. The Labute approximate surface area is 188 Å². The zero-order valence-electron chi connectivity index (χ0n) is 18.2. The molecule has 0 bridgehead atoms. The van der Waals surface area contributed by atoms with Crippen molar-refractivity contribution < 1.29 is 18.7 Å². The molecule has 158 valence electrons. The van der Waals surface area contributed by atoms with Gasteiger partial charge in [-0.25, -0.2) is 0 Å². The summed E-state index contributed by atoms with van der Waals surface area (Å²) in [6.45, 7) is 12.8. The summed E-state index contributed by atoms with van der Waals surface area (Å²) in [7, 11) is -0.420. The highest BCUT2D eigenvalue weighted by Crippen LogP contribution is 2.42. The summed E-state index contributed by atoms with van der Waals surface area (Å²) in [5.41, 5.74) is 0.845. The fourth-order valence-corrected chi connectivity index (χ4v) is 4.99. The van der Waals surface area contributed by atoms with Crippen LogP contribution in [-0.4, -0.2) is 39.3 Å². The van der Waals surface area contributed by atoms with Gasteiger partial charge < -0.3 is 13.9 Å². The Hall–Kier alpha value is -1.16. The van der Waals surface area contributed by atoms with E-state index in [1.165, 1.54) is 0 Å². The van der Waals surface area contributed by atoms with E-state index < -0.39 is 26.3 Å². The summed E-state index contributed by atoms with van der Waals surface area (Å²) in [5, 5.41) is 0.0688. The topological polar surface area (TPSA) is 48.0 Å². The normalized spacial score (nSPS) is 27.5. The van der Waals surface area contributed by atoms with E-state index in [4.69, 9.17) is 13.9 Å². The van der Waals surface area contributed by atoms with Crippen molar-refractivity contribution in [1.82, 2.24) is 0 Å². The van der Waals surface area contributed by atoms with Crippen LogP contribution in [0.25, 0.3) is 0 Å². The lowest BCUT2D eigenvalue weighted by atomic mass is 9.94. The third-order valence-corrected chi connectivity index (χ3v) is 11.3. The predicted molar refractivity (Wildman–Crippen MR) is 126 cm³/mol. The number of hydrogen-bond donors (Lipinski definition) is 0. The van der Waals surface area contributed by atoms with Crippen molar-refractivity contribution in [2.75, 3.05) is 12.0 Å². The van der Waals surface area contributed by atoms with E-state index in [1.54, 1.807) is 18.9 Å². The molecule has 0 N–H and O–H groups in total. The molecule has 1 heterocycles. The van der Waals surface area contributed by atoms with Gasteiger partial charge in [0.25, 0.3) is 5.91 Å². The van der Waals surface area contributed by atoms with Crippen LogP contribution in [-0.2, 0) is 18.7 Å². The first kappa shape index (κ1) is 22.5. The number of morpholine rings is 1. The molecule has 0 radical (unpaired) electrons. The molecule has 3 rings (SSSR count). The molecule has 3 atom stereocenters. The van der Waals surface area contributed by atoms with Gasteiger partial charge in [-0.3, -0.25) is 9.69 Å². The summed E-state index contributed by atoms with van der Waals surface area (Å²) in [6, 6.07) is 7.39. The molecule has 1 saturated heterocycles. The Morgan fingerprint density at radius 3 is 2.48 bits per heavy atom. The Morgan fingerprint density at radius 2 is 1.90 bits per heavy atom. The number of rotatable bonds is 4. The monoisotopic (exact) mass is 527 g/mol. The molecule has 1 fully saturated rings. The molecule has 5 nitrogen and oxygen atoms in total. The number of halogens is 1. The number of allylic oxidation sites excluding steroid dienone is 1. The van der Waals surface area contributed by atoms with Crippen molar-refractivity contribution in [3.8, 4) is 0 Å². The lowest BCUT2D eigenvalue weighted by Crippen LogP contribution is -2.65. The van der Waals surface area contributed by atoms with Crippen LogP contribution >= 0.6 is 22.6 Å². The van der Waals surface area contributed by atoms with Crippen molar-refractivity contribution in [2.24, 2.45) is 0 Å². The maximum Gasteiger partial charge on any atom is 0.256 e. The number of benzene rings is 1. The third kappa shape index (κ3) is 4.06. The molecule has 7 heteroatoms. The van der Waals surface area contributed by atoms with Gasteiger partial charge in [0.2, 0.25) is 14.1 Å². The van der Waals surface area contributed by atoms with Crippen molar-refractivity contribution in [3.05, 3.63) is 51.8 Å². The van der Waals surface area contributed by atoms with E-state index in [0.29, 0.717) is 0 Å². The fourth-order valence-electron chi connectivity index (χ4n) is 3.32. The number of carbonyl (C=O) groups is 1. The van der Waals surface area contributed by atoms with E-state index >= 15 is 0 Å². The van der Waals surface area contributed by atoms with Gasteiger partial charge in [0.05, 0.1) is 5.69 Å². The number of hydrogen-bond acceptors (Lipinski definition) is 4. The smallest absolute Gasteiger partial charge is 0.256 e. The van der Waals surface area contributed by atoms with Crippen LogP contribution in [0.3, 0.4) is 0 Å². The molecule has 0 aromatic heterocycles. The first-order valence-corrected chi connectivity index (χ1v) is 13.8. The van der Waals surface area contributed by atoms with E-state index in [0.717, 1.165) is 15.0 Å². The van der Waals surface area contributed by atoms with E-state index in [2.05, 4.69) is 56.5 Å². The average Bonchev–Trinajstić information content (AvgIpc) is 2.63. The van der Waals surface area contributed by atoms with Crippen LogP contribution in [0, 0.1) is 3.57 Å². The fraction of sp³-hybridized carbons (Fsp3) is 0.500. The number of anilines is 1. The van der Waals surface area contributed by atoms with Crippen LogP contribution < -0.4 is 4.90 Å². The van der Waals surface area contributed by atoms with Crippen LogP contribution in [0.1, 0.15) is 27.7 Å². The molecule has 0 spiro atoms. The van der Waals surface area contributed by atoms with Gasteiger partial charge in [0, 0.05) is 10.7 Å². The molecule has 1 aromatic rings. The molecule has 1 aliphatic carbocycles. The Kier molecular flexibility index (Phi) is 6.08. The number of para-hydroxylation sites is 1. The molecule has 29 heavy (non-hydrogen) atoms. The highest BCUT2D eigenvalue weighted by Gasteiger charge is 2.53. The first-order valence-electron chi connectivity index (χ1n) is 9.82. The lowest BCUT2D eigenvalue weighted by molar-refractivity contribution is -0.229. The first-order chi connectivity index (χ1) is 13.4. The predicted octanol–water partition coefficient (Wildman–Crippen LogP) is 5.23. The van der Waals surface area contributed by atoms with Crippen LogP contribution in [0.15, 0.2) is 48.3 Å². The zero-order chi connectivity index (χ0) is 21.6. The minimum absolute atomic E-state index is 0.0688. The average molecular weight is 527 g/mol. The Morgan fingerprint density at radius 1 is 1.24 bits per heavy atom. The van der Waals surface area contributed by atoms with Crippen molar-refractivity contribution in [2.45, 2.75) is 63.8 Å². The van der Waals surface area contributed by atoms with Gasteiger partial charge in [-0.1, -0.05) is 32.9 Å². The maximum absolute atomic E-state index is 13.2. The molecule has 1 unspecified atom stereocenters. The minimum atomic E-state index is -2.03. The number of fused-ring (bicyclic) bond motifs is 1. The highest BCUT2D eigenvalue weighted by atomic mass is 127. The summed E-state index contributed by atoms with van der Waals surface area (Å²) >= 11 is 2.26. The molecular weight excluding hydrogens is 497 g/mol. The molecular formula is C22H30INO4Si. The van der Waals surface area contributed by atoms with Crippen molar-refractivity contribution >= 4 is 42.5 Å². The minimum Gasteiger partial charge on any atom is -0.544 e. The summed E-state index contributed by atoms with van der Waals surface area (Å²) in [4.78, 5) is 15.0. The lowest BCUT2D eigenvalue weighted by Gasteiger charge is -2.49. The molecule has 1 aliphatic heterocycles. The van der Waals surface area contributed by atoms with E-state index in [9.17, 15) is 4.79 Å². The van der Waals surface area contributed by atoms with Crippen LogP contribution in [0.4, 0.5) is 5.69 Å². The van der Waals surface area contributed by atoms with Crippen LogP contribution in [0.5, 0.6) is 0 Å².